The molecule has 1 aliphatic rings. The Morgan fingerprint density at radius 2 is 1.94 bits per heavy atom. The summed E-state index contributed by atoms with van der Waals surface area (Å²) in [4.78, 5) is 16.8. The summed E-state index contributed by atoms with van der Waals surface area (Å²) in [6.07, 6.45) is 6.69. The van der Waals surface area contributed by atoms with Crippen molar-refractivity contribution >= 4 is 49.9 Å². The van der Waals surface area contributed by atoms with Crippen LogP contribution >= 0.6 is 22.9 Å². The minimum absolute atomic E-state index is 0.0764. The first-order chi connectivity index (χ1) is 15.5. The van der Waals surface area contributed by atoms with E-state index >= 15 is 0 Å². The average Bonchev–Trinajstić information content (AvgIpc) is 3.45. The SMILES string of the molecule is O=S(=O)(N[C@H]1CC[C@H](Nc2nc(Cl)cc(-c3c[nH]c4ncccc34)n2)CC1)c1ccsc1. The number of aromatic nitrogens is 4. The highest BCUT2D eigenvalue weighted by atomic mass is 35.5. The van der Waals surface area contributed by atoms with E-state index in [1.165, 1.54) is 11.3 Å². The van der Waals surface area contributed by atoms with Crippen LogP contribution in [0.1, 0.15) is 25.7 Å². The zero-order valence-corrected chi connectivity index (χ0v) is 19.3. The lowest BCUT2D eigenvalue weighted by Gasteiger charge is -2.29. The maximum Gasteiger partial charge on any atom is 0.241 e. The molecule has 0 radical (unpaired) electrons. The molecule has 1 fully saturated rings. The second-order valence-electron chi connectivity index (χ2n) is 7.77. The van der Waals surface area contributed by atoms with Gasteiger partial charge in [0.05, 0.1) is 10.6 Å². The van der Waals surface area contributed by atoms with Gasteiger partial charge in [0.25, 0.3) is 0 Å². The van der Waals surface area contributed by atoms with E-state index in [-0.39, 0.29) is 12.1 Å². The Hall–Kier alpha value is -2.53. The topological polar surface area (TPSA) is 113 Å². The van der Waals surface area contributed by atoms with Gasteiger partial charge in [0.1, 0.15) is 10.8 Å². The Bertz CT molecular complexity index is 1330. The van der Waals surface area contributed by atoms with Crippen molar-refractivity contribution in [1.29, 1.82) is 0 Å². The van der Waals surface area contributed by atoms with Crippen molar-refractivity contribution < 1.29 is 8.42 Å². The maximum atomic E-state index is 12.5. The van der Waals surface area contributed by atoms with Gasteiger partial charge in [-0.2, -0.15) is 11.3 Å². The number of fused-ring (bicyclic) bond motifs is 1. The Labute approximate surface area is 194 Å². The molecule has 11 heteroatoms. The number of nitrogens with one attached hydrogen (secondary N) is 3. The number of hydrogen-bond donors (Lipinski definition) is 3. The monoisotopic (exact) mass is 488 g/mol. The fraction of sp³-hybridized carbons (Fsp3) is 0.286. The Kier molecular flexibility index (Phi) is 5.85. The number of hydrogen-bond acceptors (Lipinski definition) is 7. The van der Waals surface area contributed by atoms with Crippen molar-refractivity contribution in [2.24, 2.45) is 0 Å². The minimum Gasteiger partial charge on any atom is -0.351 e. The highest BCUT2D eigenvalue weighted by molar-refractivity contribution is 7.89. The molecule has 0 aliphatic heterocycles. The quantitative estimate of drug-likeness (QED) is 0.346. The van der Waals surface area contributed by atoms with Crippen LogP contribution in [0.4, 0.5) is 5.95 Å². The number of nitrogens with zero attached hydrogens (tertiary/aromatic N) is 3. The Morgan fingerprint density at radius 1 is 1.12 bits per heavy atom. The largest absolute Gasteiger partial charge is 0.351 e. The molecule has 3 N–H and O–H groups in total. The zero-order valence-electron chi connectivity index (χ0n) is 17.0. The number of H-pyrrole nitrogens is 1. The maximum absolute atomic E-state index is 12.5. The van der Waals surface area contributed by atoms with Gasteiger partial charge in [0.2, 0.25) is 16.0 Å². The van der Waals surface area contributed by atoms with Gasteiger partial charge in [-0.25, -0.2) is 28.1 Å². The van der Waals surface area contributed by atoms with Crippen LogP contribution in [0.25, 0.3) is 22.3 Å². The molecule has 0 bridgehead atoms. The summed E-state index contributed by atoms with van der Waals surface area (Å²) in [6.45, 7) is 0. The third-order valence-electron chi connectivity index (χ3n) is 5.61. The first kappa shape index (κ1) is 21.3. The van der Waals surface area contributed by atoms with Crippen LogP contribution in [0.5, 0.6) is 0 Å². The van der Waals surface area contributed by atoms with Crippen LogP contribution < -0.4 is 10.0 Å². The molecule has 0 amide bonds. The van der Waals surface area contributed by atoms with E-state index in [0.29, 0.717) is 21.7 Å². The molecule has 0 unspecified atom stereocenters. The smallest absolute Gasteiger partial charge is 0.241 e. The highest BCUT2D eigenvalue weighted by Gasteiger charge is 2.26. The predicted molar refractivity (Wildman–Crippen MR) is 126 cm³/mol. The third-order valence-corrected chi connectivity index (χ3v) is 8.15. The van der Waals surface area contributed by atoms with E-state index in [4.69, 9.17) is 11.6 Å². The molecule has 32 heavy (non-hydrogen) atoms. The Balaban J connectivity index is 1.26. The molecule has 1 saturated carbocycles. The summed E-state index contributed by atoms with van der Waals surface area (Å²) in [5, 5.41) is 8.11. The molecule has 8 nitrogen and oxygen atoms in total. The molecule has 0 spiro atoms. The lowest BCUT2D eigenvalue weighted by Crippen LogP contribution is -2.40. The number of rotatable bonds is 6. The summed E-state index contributed by atoms with van der Waals surface area (Å²) >= 11 is 7.66. The van der Waals surface area contributed by atoms with Crippen LogP contribution in [0, 0.1) is 0 Å². The first-order valence-corrected chi connectivity index (χ1v) is 13.1. The average molecular weight is 489 g/mol. The fourth-order valence-corrected chi connectivity index (χ4v) is 6.54. The predicted octanol–water partition coefficient (Wildman–Crippen LogP) is 4.44. The standard InChI is InChI=1S/C21H21ClN6O2S2/c22-19-10-18(17-11-24-20-16(17)2-1-8-23-20)26-21(27-19)25-13-3-5-14(6-4-13)28-32(29,30)15-7-9-31-12-15/h1-2,7-14,28H,3-6H2,(H,23,24)(H,25,26,27)/t13-,14-. The number of pyridine rings is 1. The second kappa shape index (κ2) is 8.78. The summed E-state index contributed by atoms with van der Waals surface area (Å²) in [5.74, 6) is 0.466. The summed E-state index contributed by atoms with van der Waals surface area (Å²) < 4.78 is 27.7. The molecule has 4 heterocycles. The first-order valence-electron chi connectivity index (χ1n) is 10.3. The molecule has 4 aromatic rings. The Morgan fingerprint density at radius 3 is 2.72 bits per heavy atom. The van der Waals surface area contributed by atoms with Gasteiger partial charge in [-0.05, 0) is 49.3 Å². The zero-order chi connectivity index (χ0) is 22.1. The van der Waals surface area contributed by atoms with Crippen LogP contribution in [-0.2, 0) is 10.0 Å². The number of anilines is 1. The minimum atomic E-state index is -3.46. The van der Waals surface area contributed by atoms with Gasteiger partial charge >= 0.3 is 0 Å². The van der Waals surface area contributed by atoms with Crippen LogP contribution in [0.3, 0.4) is 0 Å². The summed E-state index contributed by atoms with van der Waals surface area (Å²) in [6, 6.07) is 7.29. The van der Waals surface area contributed by atoms with E-state index in [1.54, 1.807) is 29.1 Å². The molecule has 5 rings (SSSR count). The van der Waals surface area contributed by atoms with E-state index in [1.807, 2.05) is 18.3 Å². The van der Waals surface area contributed by atoms with Gasteiger partial charge in [-0.15, -0.1) is 0 Å². The van der Waals surface area contributed by atoms with Gasteiger partial charge < -0.3 is 10.3 Å². The molecule has 0 aromatic carbocycles. The normalized spacial score (nSPS) is 19.3. The molecule has 0 atom stereocenters. The van der Waals surface area contributed by atoms with Crippen molar-refractivity contribution in [2.75, 3.05) is 5.32 Å². The van der Waals surface area contributed by atoms with Gasteiger partial charge in [0.15, 0.2) is 0 Å². The van der Waals surface area contributed by atoms with Crippen molar-refractivity contribution in [2.45, 2.75) is 42.7 Å². The fourth-order valence-electron chi connectivity index (χ4n) is 4.02. The van der Waals surface area contributed by atoms with Crippen LogP contribution in [0.15, 0.2) is 52.3 Å². The van der Waals surface area contributed by atoms with Crippen LogP contribution in [0.2, 0.25) is 5.15 Å². The summed E-state index contributed by atoms with van der Waals surface area (Å²) in [5.41, 5.74) is 2.41. The number of sulfonamides is 1. The molecular weight excluding hydrogens is 468 g/mol. The van der Waals surface area contributed by atoms with Gasteiger partial charge in [-0.1, -0.05) is 11.6 Å². The van der Waals surface area contributed by atoms with Gasteiger partial charge in [-0.3, -0.25) is 0 Å². The van der Waals surface area contributed by atoms with Crippen LogP contribution in [-0.4, -0.2) is 40.4 Å². The van der Waals surface area contributed by atoms with E-state index in [9.17, 15) is 8.42 Å². The van der Waals surface area contributed by atoms with E-state index < -0.39 is 10.0 Å². The lowest BCUT2D eigenvalue weighted by atomic mass is 9.92. The lowest BCUT2D eigenvalue weighted by molar-refractivity contribution is 0.386. The van der Waals surface area contributed by atoms with Crippen molar-refractivity contribution in [3.8, 4) is 11.3 Å². The van der Waals surface area contributed by atoms with E-state index in [0.717, 1.165) is 42.3 Å². The number of thiophene rings is 1. The second-order valence-corrected chi connectivity index (χ2v) is 10.7. The van der Waals surface area contributed by atoms with Crippen molar-refractivity contribution in [3.05, 3.63) is 52.6 Å². The third kappa shape index (κ3) is 4.49. The summed E-state index contributed by atoms with van der Waals surface area (Å²) in [7, 11) is -3.46. The molecule has 166 valence electrons. The highest BCUT2D eigenvalue weighted by Crippen LogP contribution is 2.29. The number of aromatic amines is 1. The number of halogens is 1. The van der Waals surface area contributed by atoms with Crippen molar-refractivity contribution in [3.63, 3.8) is 0 Å². The van der Waals surface area contributed by atoms with E-state index in [2.05, 4.69) is 30.0 Å². The molecular formula is C21H21ClN6O2S2. The molecule has 4 aromatic heterocycles. The van der Waals surface area contributed by atoms with Crippen molar-refractivity contribution in [1.82, 2.24) is 24.7 Å². The molecule has 0 saturated heterocycles. The molecule has 1 aliphatic carbocycles. The van der Waals surface area contributed by atoms with Gasteiger partial charge in [0, 0.05) is 46.9 Å².